The van der Waals surface area contributed by atoms with Crippen molar-refractivity contribution < 1.29 is 9.53 Å². The Hall–Kier alpha value is -1.59. The molecule has 1 fully saturated rings. The molecule has 0 spiro atoms. The van der Waals surface area contributed by atoms with Gasteiger partial charge >= 0.3 is 6.03 Å². The van der Waals surface area contributed by atoms with Crippen molar-refractivity contribution in [2.24, 2.45) is 5.92 Å². The van der Waals surface area contributed by atoms with Crippen LogP contribution >= 0.6 is 0 Å². The van der Waals surface area contributed by atoms with Gasteiger partial charge in [0.2, 0.25) is 0 Å². The number of rotatable bonds is 8. The number of amides is 2. The molecule has 140 valence electrons. The Morgan fingerprint density at radius 3 is 2.56 bits per heavy atom. The summed E-state index contributed by atoms with van der Waals surface area (Å²) in [6, 6.07) is 8.50. The van der Waals surface area contributed by atoms with Crippen LogP contribution in [0.15, 0.2) is 24.3 Å². The van der Waals surface area contributed by atoms with Crippen LogP contribution in [0.3, 0.4) is 0 Å². The van der Waals surface area contributed by atoms with E-state index in [0.29, 0.717) is 25.0 Å². The highest BCUT2D eigenvalue weighted by molar-refractivity contribution is 5.73. The second-order valence-electron chi connectivity index (χ2n) is 6.84. The van der Waals surface area contributed by atoms with E-state index < -0.39 is 0 Å². The predicted octanol–water partition coefficient (Wildman–Crippen LogP) is 2.93. The Bertz CT molecular complexity index is 525. The van der Waals surface area contributed by atoms with E-state index in [0.717, 1.165) is 44.7 Å². The summed E-state index contributed by atoms with van der Waals surface area (Å²) in [6.45, 7) is 11.3. The zero-order valence-corrected chi connectivity index (χ0v) is 15.9. The molecule has 25 heavy (non-hydrogen) atoms. The van der Waals surface area contributed by atoms with Gasteiger partial charge in [-0.3, -0.25) is 4.90 Å². The first-order valence-corrected chi connectivity index (χ1v) is 9.53. The number of morpholine rings is 1. The fourth-order valence-electron chi connectivity index (χ4n) is 3.60. The smallest absolute Gasteiger partial charge is 0.315 e. The summed E-state index contributed by atoms with van der Waals surface area (Å²) in [5.74, 6) is 0.593. The molecule has 0 saturated carbocycles. The van der Waals surface area contributed by atoms with Gasteiger partial charge < -0.3 is 15.4 Å². The second-order valence-corrected chi connectivity index (χ2v) is 6.84. The predicted molar refractivity (Wildman–Crippen MR) is 102 cm³/mol. The molecule has 0 radical (unpaired) electrons. The number of hydrogen-bond donors (Lipinski definition) is 2. The molecular formula is C20H33N3O2. The Morgan fingerprint density at radius 2 is 1.92 bits per heavy atom. The van der Waals surface area contributed by atoms with Crippen LogP contribution in [0.1, 0.15) is 37.8 Å². The van der Waals surface area contributed by atoms with Crippen molar-refractivity contribution in [1.82, 2.24) is 15.5 Å². The normalized spacial score (nSPS) is 16.6. The average Bonchev–Trinajstić information content (AvgIpc) is 2.64. The van der Waals surface area contributed by atoms with Crippen LogP contribution in [0, 0.1) is 12.8 Å². The number of hydrogen-bond acceptors (Lipinski definition) is 3. The van der Waals surface area contributed by atoms with Crippen molar-refractivity contribution >= 4 is 6.03 Å². The van der Waals surface area contributed by atoms with Crippen molar-refractivity contribution in [1.29, 1.82) is 0 Å². The summed E-state index contributed by atoms with van der Waals surface area (Å²) >= 11 is 0. The lowest BCUT2D eigenvalue weighted by molar-refractivity contribution is 0.00237. The third kappa shape index (κ3) is 6.33. The van der Waals surface area contributed by atoms with Gasteiger partial charge in [-0.2, -0.15) is 0 Å². The highest BCUT2D eigenvalue weighted by Gasteiger charge is 2.27. The van der Waals surface area contributed by atoms with E-state index in [1.54, 1.807) is 0 Å². The quantitative estimate of drug-likeness (QED) is 0.760. The van der Waals surface area contributed by atoms with E-state index in [1.807, 2.05) is 12.1 Å². The maximum absolute atomic E-state index is 12.2. The summed E-state index contributed by atoms with van der Waals surface area (Å²) in [7, 11) is 0. The lowest BCUT2D eigenvalue weighted by atomic mass is 9.92. The molecule has 0 aliphatic carbocycles. The fourth-order valence-corrected chi connectivity index (χ4v) is 3.60. The molecule has 1 aromatic rings. The van der Waals surface area contributed by atoms with Gasteiger partial charge in [0, 0.05) is 32.2 Å². The van der Waals surface area contributed by atoms with E-state index >= 15 is 0 Å². The molecule has 2 amide bonds. The van der Waals surface area contributed by atoms with E-state index in [4.69, 9.17) is 4.74 Å². The minimum absolute atomic E-state index is 0.0919. The molecule has 5 nitrogen and oxygen atoms in total. The monoisotopic (exact) mass is 347 g/mol. The number of nitrogens with zero attached hydrogens (tertiary/aromatic N) is 1. The Balaban J connectivity index is 1.84. The first-order valence-electron chi connectivity index (χ1n) is 9.53. The Labute approximate surface area is 152 Å². The van der Waals surface area contributed by atoms with E-state index in [2.05, 4.69) is 48.4 Å². The van der Waals surface area contributed by atoms with Gasteiger partial charge in [0.15, 0.2) is 0 Å². The Kier molecular flexibility index (Phi) is 8.22. The van der Waals surface area contributed by atoms with E-state index in [1.165, 1.54) is 5.56 Å². The number of carbonyl (C=O) groups excluding carboxylic acids is 1. The molecule has 2 rings (SSSR count). The van der Waals surface area contributed by atoms with Crippen LogP contribution in [0.2, 0.25) is 0 Å². The third-order valence-electron chi connectivity index (χ3n) is 5.11. The summed E-state index contributed by atoms with van der Waals surface area (Å²) in [4.78, 5) is 14.7. The minimum atomic E-state index is -0.0919. The van der Waals surface area contributed by atoms with E-state index in [-0.39, 0.29) is 6.03 Å². The lowest BCUT2D eigenvalue weighted by Gasteiger charge is -2.38. The first-order chi connectivity index (χ1) is 12.1. The number of ether oxygens (including phenoxy) is 1. The fraction of sp³-hybridized carbons (Fsp3) is 0.650. The zero-order chi connectivity index (χ0) is 18.1. The van der Waals surface area contributed by atoms with Crippen LogP contribution in [0.4, 0.5) is 4.79 Å². The molecule has 0 bridgehead atoms. The molecule has 2 N–H and O–H groups in total. The largest absolute Gasteiger partial charge is 0.379 e. The number of benzene rings is 1. The van der Waals surface area contributed by atoms with Gasteiger partial charge in [-0.1, -0.05) is 56.5 Å². The average molecular weight is 348 g/mol. The summed E-state index contributed by atoms with van der Waals surface area (Å²) < 4.78 is 5.48. The van der Waals surface area contributed by atoms with Gasteiger partial charge in [0.1, 0.15) is 0 Å². The Morgan fingerprint density at radius 1 is 1.20 bits per heavy atom. The van der Waals surface area contributed by atoms with Gasteiger partial charge in [-0.05, 0) is 18.4 Å². The zero-order valence-electron chi connectivity index (χ0n) is 15.9. The second kappa shape index (κ2) is 10.4. The van der Waals surface area contributed by atoms with Crippen LogP contribution in [0.5, 0.6) is 0 Å². The molecular weight excluding hydrogens is 314 g/mol. The van der Waals surface area contributed by atoms with Gasteiger partial charge in [-0.15, -0.1) is 0 Å². The maximum Gasteiger partial charge on any atom is 0.315 e. The van der Waals surface area contributed by atoms with Crippen LogP contribution < -0.4 is 10.6 Å². The van der Waals surface area contributed by atoms with Gasteiger partial charge in [0.05, 0.1) is 13.2 Å². The van der Waals surface area contributed by atoms with Crippen molar-refractivity contribution in [3.63, 3.8) is 0 Å². The summed E-state index contributed by atoms with van der Waals surface area (Å²) in [5, 5.41) is 6.05. The van der Waals surface area contributed by atoms with Crippen LogP contribution in [-0.2, 0) is 11.3 Å². The molecule has 1 saturated heterocycles. The molecule has 0 aromatic heterocycles. The standard InChI is InChI=1S/C20H33N3O2/c1-4-18(5-2)19(23-9-11-25-12-10-23)15-22-20(24)21-14-17-8-6-7-16(3)13-17/h6-8,13,18-19H,4-5,9-12,14-15H2,1-3H3,(H2,21,22,24)/t19-/m0/s1. The summed E-state index contributed by atoms with van der Waals surface area (Å²) in [5.41, 5.74) is 2.33. The van der Waals surface area contributed by atoms with Crippen LogP contribution in [0.25, 0.3) is 0 Å². The number of carbonyl (C=O) groups is 1. The molecule has 1 atom stereocenters. The molecule has 1 aliphatic rings. The van der Waals surface area contributed by atoms with Crippen molar-refractivity contribution in [2.75, 3.05) is 32.8 Å². The van der Waals surface area contributed by atoms with Crippen LogP contribution in [-0.4, -0.2) is 49.8 Å². The molecule has 1 aliphatic heterocycles. The number of nitrogens with one attached hydrogen (secondary N) is 2. The SMILES string of the molecule is CCC(CC)[C@H](CNC(=O)NCc1cccc(C)c1)N1CCOCC1. The molecule has 1 aromatic carbocycles. The number of aryl methyl sites for hydroxylation is 1. The molecule has 1 heterocycles. The number of urea groups is 1. The van der Waals surface area contributed by atoms with Crippen molar-refractivity contribution in [2.45, 2.75) is 46.2 Å². The topological polar surface area (TPSA) is 53.6 Å². The highest BCUT2D eigenvalue weighted by Crippen LogP contribution is 2.19. The third-order valence-corrected chi connectivity index (χ3v) is 5.11. The van der Waals surface area contributed by atoms with E-state index in [9.17, 15) is 4.79 Å². The van der Waals surface area contributed by atoms with Crippen molar-refractivity contribution in [3.05, 3.63) is 35.4 Å². The maximum atomic E-state index is 12.2. The minimum Gasteiger partial charge on any atom is -0.379 e. The highest BCUT2D eigenvalue weighted by atomic mass is 16.5. The summed E-state index contributed by atoms with van der Waals surface area (Å²) in [6.07, 6.45) is 2.26. The molecule has 0 unspecified atom stereocenters. The van der Waals surface area contributed by atoms with Crippen molar-refractivity contribution in [3.8, 4) is 0 Å². The molecule has 5 heteroatoms. The lowest BCUT2D eigenvalue weighted by Crippen LogP contribution is -2.53. The first kappa shape index (κ1) is 19.7. The van der Waals surface area contributed by atoms with Gasteiger partial charge in [0.25, 0.3) is 0 Å². The van der Waals surface area contributed by atoms with Gasteiger partial charge in [-0.25, -0.2) is 4.79 Å².